The van der Waals surface area contributed by atoms with Crippen molar-refractivity contribution in [3.05, 3.63) is 28.2 Å². The number of fused-ring (bicyclic) bond motifs is 1. The first-order valence-electron chi connectivity index (χ1n) is 10.7. The number of amides is 2. The second-order valence-corrected chi connectivity index (χ2v) is 11.0. The largest absolute Gasteiger partial charge is 0.543 e. The number of nitrogens with two attached hydrogens (primary N) is 1. The first-order chi connectivity index (χ1) is 16.2. The highest BCUT2D eigenvalue weighted by molar-refractivity contribution is 8.00. The number of oxime groups is 1. The Balaban J connectivity index is 1.31. The summed E-state index contributed by atoms with van der Waals surface area (Å²) in [6.45, 7) is 2.33. The number of hydrogen-bond donors (Lipinski definition) is 3. The standard InChI is InChI=1S/C20H23N7O5S2/c1-27(5-9-3-2-4-10(9)6-27)7-11-8-33-18-13(17(29)26(18)14(11)19(30)31)22-16(28)12(24-32)15-23-20(21)34-25-15/h13,18H,2-8H2,1H3,(H4-,21,22,23,25,28,30,31,32)/t13-,18-/m1/s1. The average molecular weight is 506 g/mol. The Bertz CT molecular complexity index is 1170. The minimum absolute atomic E-state index is 0.0868. The van der Waals surface area contributed by atoms with Gasteiger partial charge in [-0.05, 0) is 30.4 Å². The van der Waals surface area contributed by atoms with Crippen molar-refractivity contribution >= 4 is 51.9 Å². The van der Waals surface area contributed by atoms with E-state index >= 15 is 0 Å². The van der Waals surface area contributed by atoms with Crippen LogP contribution in [0, 0.1) is 0 Å². The summed E-state index contributed by atoms with van der Waals surface area (Å²) in [6.07, 6.45) is 3.42. The van der Waals surface area contributed by atoms with Crippen LogP contribution in [0.15, 0.2) is 27.6 Å². The number of carboxylic acid groups (broad SMARTS) is 1. The summed E-state index contributed by atoms with van der Waals surface area (Å²) in [6, 6.07) is -0.983. The monoisotopic (exact) mass is 505 g/mol. The molecule has 4 aliphatic rings. The molecule has 4 heterocycles. The zero-order valence-electron chi connectivity index (χ0n) is 18.3. The SMILES string of the molecule is C[N+]1(CC2=C(C(=O)[O-])N3C(=O)[C@@H](NC(=O)/C(=N\O)c4nsc(N)n4)[C@H]3SC2)CC2=C(CCC2)C1. The number of likely N-dealkylation sites (tertiary alicyclic amines) is 1. The molecular weight excluding hydrogens is 482 g/mol. The van der Waals surface area contributed by atoms with Gasteiger partial charge in [-0.3, -0.25) is 14.5 Å². The topological polar surface area (TPSA) is 174 Å². The molecular formula is C20H23N7O5S2. The molecule has 3 aliphatic heterocycles. The fourth-order valence-electron chi connectivity index (χ4n) is 5.33. The van der Waals surface area contributed by atoms with Gasteiger partial charge in [0.2, 0.25) is 11.5 Å². The molecule has 5 rings (SSSR count). The van der Waals surface area contributed by atoms with E-state index < -0.39 is 34.9 Å². The van der Waals surface area contributed by atoms with Crippen molar-refractivity contribution < 1.29 is 29.2 Å². The molecule has 2 atom stereocenters. The van der Waals surface area contributed by atoms with Gasteiger partial charge in [-0.25, -0.2) is 0 Å². The summed E-state index contributed by atoms with van der Waals surface area (Å²) in [5, 5.41) is 26.3. The van der Waals surface area contributed by atoms with E-state index in [0.717, 1.165) is 37.5 Å². The fourth-order valence-corrected chi connectivity index (χ4v) is 7.10. The molecule has 1 fully saturated rings. The Morgan fingerprint density at radius 3 is 2.65 bits per heavy atom. The highest BCUT2D eigenvalue weighted by atomic mass is 32.2. The van der Waals surface area contributed by atoms with E-state index in [1.807, 2.05) is 0 Å². The number of aliphatic carboxylic acids is 1. The van der Waals surface area contributed by atoms with Crippen molar-refractivity contribution in [1.29, 1.82) is 0 Å². The van der Waals surface area contributed by atoms with Crippen LogP contribution < -0.4 is 16.2 Å². The lowest BCUT2D eigenvalue weighted by molar-refractivity contribution is -0.890. The molecule has 1 aliphatic carbocycles. The van der Waals surface area contributed by atoms with Crippen LogP contribution in [0.25, 0.3) is 0 Å². The Hall–Kier alpha value is -2.97. The van der Waals surface area contributed by atoms with E-state index in [0.29, 0.717) is 22.4 Å². The maximum Gasteiger partial charge on any atom is 0.278 e. The first kappa shape index (κ1) is 22.8. The number of quaternary nitrogens is 1. The van der Waals surface area contributed by atoms with E-state index in [1.165, 1.54) is 34.2 Å². The molecule has 12 nitrogen and oxygen atoms in total. The summed E-state index contributed by atoms with van der Waals surface area (Å²) in [5.74, 6) is -2.57. The van der Waals surface area contributed by atoms with E-state index in [1.54, 1.807) is 0 Å². The third-order valence-corrected chi connectivity index (χ3v) is 8.55. The summed E-state index contributed by atoms with van der Waals surface area (Å²) in [5.41, 5.74) is 8.57. The number of nitrogens with zero attached hydrogens (tertiary/aromatic N) is 5. The predicted molar refractivity (Wildman–Crippen MR) is 121 cm³/mol. The molecule has 2 amide bonds. The van der Waals surface area contributed by atoms with Crippen molar-refractivity contribution in [3.8, 4) is 0 Å². The maximum absolute atomic E-state index is 12.9. The van der Waals surface area contributed by atoms with Gasteiger partial charge in [0.25, 0.3) is 11.8 Å². The lowest BCUT2D eigenvalue weighted by Gasteiger charge is -2.51. The molecule has 0 spiro atoms. The molecule has 1 aromatic rings. The smallest absolute Gasteiger partial charge is 0.278 e. The Kier molecular flexibility index (Phi) is 5.61. The molecule has 0 radical (unpaired) electrons. The second kappa shape index (κ2) is 8.36. The molecule has 0 saturated carbocycles. The number of carbonyl (C=O) groups is 3. The summed E-state index contributed by atoms with van der Waals surface area (Å²) in [4.78, 5) is 42.6. The number of likely N-dealkylation sites (N-methyl/N-ethyl adjacent to an activating group) is 1. The predicted octanol–water partition coefficient (Wildman–Crippen LogP) is -1.36. The van der Waals surface area contributed by atoms with Crippen LogP contribution in [0.5, 0.6) is 0 Å². The molecule has 4 N–H and O–H groups in total. The number of aromatic nitrogens is 2. The fraction of sp³-hybridized carbons (Fsp3) is 0.500. The van der Waals surface area contributed by atoms with E-state index in [-0.39, 0.29) is 16.7 Å². The highest BCUT2D eigenvalue weighted by Gasteiger charge is 2.54. The van der Waals surface area contributed by atoms with Crippen molar-refractivity contribution in [2.75, 3.05) is 38.2 Å². The van der Waals surface area contributed by atoms with Gasteiger partial charge in [-0.1, -0.05) is 5.16 Å². The van der Waals surface area contributed by atoms with Gasteiger partial charge in [0.1, 0.15) is 31.0 Å². The van der Waals surface area contributed by atoms with Crippen LogP contribution in [-0.4, -0.2) is 91.3 Å². The highest BCUT2D eigenvalue weighted by Crippen LogP contribution is 2.42. The number of carboxylic acids is 1. The van der Waals surface area contributed by atoms with Crippen LogP contribution in [0.4, 0.5) is 5.13 Å². The van der Waals surface area contributed by atoms with Crippen molar-refractivity contribution in [3.63, 3.8) is 0 Å². The number of β-lactam (4-membered cyclic amide) rings is 1. The molecule has 1 aromatic heterocycles. The van der Waals surface area contributed by atoms with Gasteiger partial charge in [0, 0.05) is 22.9 Å². The third-order valence-electron chi connectivity index (χ3n) is 6.67. The first-order valence-corrected chi connectivity index (χ1v) is 12.6. The quantitative estimate of drug-likeness (QED) is 0.105. The van der Waals surface area contributed by atoms with Crippen molar-refractivity contribution in [2.45, 2.75) is 30.7 Å². The Morgan fingerprint density at radius 2 is 2.06 bits per heavy atom. The Morgan fingerprint density at radius 1 is 1.35 bits per heavy atom. The van der Waals surface area contributed by atoms with Crippen LogP contribution in [0.1, 0.15) is 25.1 Å². The number of nitrogens with one attached hydrogen (secondary N) is 1. The van der Waals surface area contributed by atoms with Gasteiger partial charge in [-0.15, -0.1) is 11.8 Å². The van der Waals surface area contributed by atoms with E-state index in [9.17, 15) is 24.7 Å². The van der Waals surface area contributed by atoms with Gasteiger partial charge >= 0.3 is 0 Å². The zero-order chi connectivity index (χ0) is 24.2. The molecule has 0 unspecified atom stereocenters. The Labute approximate surface area is 202 Å². The lowest BCUT2D eigenvalue weighted by Crippen LogP contribution is -2.71. The average Bonchev–Trinajstić information content (AvgIpc) is 3.47. The van der Waals surface area contributed by atoms with Crippen LogP contribution in [-0.2, 0) is 14.4 Å². The second-order valence-electron chi connectivity index (χ2n) is 9.16. The van der Waals surface area contributed by atoms with Crippen LogP contribution in [0.2, 0.25) is 0 Å². The van der Waals surface area contributed by atoms with Gasteiger partial charge in [0.15, 0.2) is 5.13 Å². The van der Waals surface area contributed by atoms with Gasteiger partial charge < -0.3 is 30.6 Å². The van der Waals surface area contributed by atoms with Crippen molar-refractivity contribution in [1.82, 2.24) is 19.6 Å². The number of carbonyl (C=O) groups excluding carboxylic acids is 3. The zero-order valence-corrected chi connectivity index (χ0v) is 19.9. The molecule has 180 valence electrons. The summed E-state index contributed by atoms with van der Waals surface area (Å²) < 4.78 is 4.53. The molecule has 34 heavy (non-hydrogen) atoms. The van der Waals surface area contributed by atoms with Gasteiger partial charge in [0.05, 0.1) is 18.7 Å². The maximum atomic E-state index is 12.9. The van der Waals surface area contributed by atoms with Gasteiger partial charge in [-0.2, -0.15) is 9.36 Å². The van der Waals surface area contributed by atoms with Crippen molar-refractivity contribution in [2.24, 2.45) is 5.16 Å². The summed E-state index contributed by atoms with van der Waals surface area (Å²) in [7, 11) is 2.12. The van der Waals surface area contributed by atoms with Crippen LogP contribution >= 0.6 is 23.3 Å². The molecule has 14 heteroatoms. The minimum atomic E-state index is -1.40. The lowest BCUT2D eigenvalue weighted by atomic mass is 10.0. The van der Waals surface area contributed by atoms with Crippen LogP contribution in [0.3, 0.4) is 0 Å². The number of thioether (sulfide) groups is 1. The number of anilines is 1. The molecule has 0 bridgehead atoms. The normalized spacial score (nSPS) is 25.9. The summed E-state index contributed by atoms with van der Waals surface area (Å²) >= 11 is 2.21. The number of hydrogen-bond acceptors (Lipinski definition) is 11. The number of nitrogen functional groups attached to an aromatic ring is 1. The number of rotatable bonds is 6. The third kappa shape index (κ3) is 3.75. The van der Waals surface area contributed by atoms with E-state index in [4.69, 9.17) is 5.73 Å². The van der Waals surface area contributed by atoms with E-state index in [2.05, 4.69) is 26.9 Å². The molecule has 0 aromatic carbocycles. The minimum Gasteiger partial charge on any atom is -0.543 e. The molecule has 1 saturated heterocycles.